The third-order valence-electron chi connectivity index (χ3n) is 4.91. The molecule has 0 aliphatic carbocycles. The molecule has 25 heavy (non-hydrogen) atoms. The number of carbonyl (C=O) groups is 1. The van der Waals surface area contributed by atoms with Gasteiger partial charge in [0.1, 0.15) is 0 Å². The molecule has 0 bridgehead atoms. The van der Waals surface area contributed by atoms with Crippen LogP contribution in [0.5, 0.6) is 0 Å². The van der Waals surface area contributed by atoms with Crippen LogP contribution in [0.25, 0.3) is 10.9 Å². The van der Waals surface area contributed by atoms with E-state index in [2.05, 4.69) is 46.4 Å². The number of hydrogen-bond acceptors (Lipinski definition) is 3. The fourth-order valence-corrected chi connectivity index (χ4v) is 3.56. The van der Waals surface area contributed by atoms with E-state index in [-0.39, 0.29) is 11.9 Å². The summed E-state index contributed by atoms with van der Waals surface area (Å²) >= 11 is 0. The normalized spacial score (nSPS) is 14.4. The molecule has 1 atom stereocenters. The first-order chi connectivity index (χ1) is 12.2. The van der Waals surface area contributed by atoms with Crippen LogP contribution in [0.4, 0.5) is 5.69 Å². The monoisotopic (exact) mass is 331 g/mol. The van der Waals surface area contributed by atoms with Crippen molar-refractivity contribution in [3.63, 3.8) is 0 Å². The summed E-state index contributed by atoms with van der Waals surface area (Å²) in [7, 11) is 0. The predicted octanol–water partition coefficient (Wildman–Crippen LogP) is 3.42. The van der Waals surface area contributed by atoms with Crippen LogP contribution in [0.2, 0.25) is 0 Å². The van der Waals surface area contributed by atoms with Gasteiger partial charge in [-0.15, -0.1) is 0 Å². The van der Waals surface area contributed by atoms with Crippen LogP contribution < -0.4 is 10.2 Å². The molecule has 4 heteroatoms. The third-order valence-corrected chi connectivity index (χ3v) is 4.91. The number of benzene rings is 2. The summed E-state index contributed by atoms with van der Waals surface area (Å²) in [5.41, 5.74) is 4.20. The zero-order valence-corrected chi connectivity index (χ0v) is 14.3. The topological polar surface area (TPSA) is 45.2 Å². The molecule has 0 fully saturated rings. The second kappa shape index (κ2) is 6.55. The van der Waals surface area contributed by atoms with E-state index in [0.29, 0.717) is 12.1 Å². The highest BCUT2D eigenvalue weighted by molar-refractivity contribution is 6.05. The summed E-state index contributed by atoms with van der Waals surface area (Å²) in [6.07, 6.45) is 2.76. The molecule has 1 aliphatic rings. The lowest BCUT2D eigenvalue weighted by molar-refractivity contribution is 0.0953. The summed E-state index contributed by atoms with van der Waals surface area (Å²) < 4.78 is 0. The van der Waals surface area contributed by atoms with Gasteiger partial charge in [0.25, 0.3) is 5.91 Å². The van der Waals surface area contributed by atoms with Crippen LogP contribution in [0.15, 0.2) is 60.8 Å². The van der Waals surface area contributed by atoms with Crippen molar-refractivity contribution >= 4 is 22.5 Å². The first-order valence-electron chi connectivity index (χ1n) is 8.70. The molecule has 0 saturated carbocycles. The van der Waals surface area contributed by atoms with E-state index < -0.39 is 0 Å². The molecular weight excluding hydrogens is 310 g/mol. The Hall–Kier alpha value is -2.88. The van der Waals surface area contributed by atoms with E-state index in [0.717, 1.165) is 23.9 Å². The molecule has 2 heterocycles. The summed E-state index contributed by atoms with van der Waals surface area (Å²) in [5.74, 6) is -0.0436. The number of nitrogens with one attached hydrogen (secondary N) is 1. The zero-order valence-electron chi connectivity index (χ0n) is 14.3. The maximum Gasteiger partial charge on any atom is 0.252 e. The lowest BCUT2D eigenvalue weighted by Crippen LogP contribution is -2.41. The van der Waals surface area contributed by atoms with E-state index in [1.807, 2.05) is 24.3 Å². The van der Waals surface area contributed by atoms with Crippen molar-refractivity contribution in [3.8, 4) is 0 Å². The number of anilines is 1. The van der Waals surface area contributed by atoms with Crippen molar-refractivity contribution in [3.05, 3.63) is 71.9 Å². The maximum atomic E-state index is 12.7. The number of amides is 1. The van der Waals surface area contributed by atoms with E-state index in [1.54, 1.807) is 12.3 Å². The highest BCUT2D eigenvalue weighted by atomic mass is 16.1. The summed E-state index contributed by atoms with van der Waals surface area (Å²) in [5, 5.41) is 3.98. The van der Waals surface area contributed by atoms with Crippen LogP contribution >= 0.6 is 0 Å². The van der Waals surface area contributed by atoms with Gasteiger partial charge in [-0.05, 0) is 37.1 Å². The van der Waals surface area contributed by atoms with Gasteiger partial charge in [-0.2, -0.15) is 0 Å². The minimum Gasteiger partial charge on any atom is -0.366 e. The quantitative estimate of drug-likeness (QED) is 0.797. The van der Waals surface area contributed by atoms with Crippen molar-refractivity contribution in [1.29, 1.82) is 0 Å². The third kappa shape index (κ3) is 2.95. The molecule has 2 aromatic carbocycles. The molecule has 126 valence electrons. The number of aromatic nitrogens is 1. The smallest absolute Gasteiger partial charge is 0.252 e. The van der Waals surface area contributed by atoms with Crippen molar-refractivity contribution in [1.82, 2.24) is 10.3 Å². The van der Waals surface area contributed by atoms with E-state index in [4.69, 9.17) is 0 Å². The van der Waals surface area contributed by atoms with Gasteiger partial charge in [0.15, 0.2) is 0 Å². The molecule has 0 radical (unpaired) electrons. The zero-order chi connectivity index (χ0) is 17.2. The number of pyridine rings is 1. The second-order valence-corrected chi connectivity index (χ2v) is 6.51. The van der Waals surface area contributed by atoms with E-state index >= 15 is 0 Å². The molecule has 1 unspecified atom stereocenters. The molecule has 0 saturated heterocycles. The lowest BCUT2D eigenvalue weighted by atomic mass is 10.1. The molecule has 0 spiro atoms. The molecule has 1 aliphatic heterocycles. The highest BCUT2D eigenvalue weighted by Crippen LogP contribution is 2.29. The Bertz CT molecular complexity index is 916. The fourth-order valence-electron chi connectivity index (χ4n) is 3.56. The van der Waals surface area contributed by atoms with Crippen LogP contribution in [-0.4, -0.2) is 30.0 Å². The minimum atomic E-state index is -0.0436. The van der Waals surface area contributed by atoms with E-state index in [1.165, 1.54) is 11.3 Å². The molecule has 4 rings (SSSR count). The van der Waals surface area contributed by atoms with Gasteiger partial charge >= 0.3 is 0 Å². The van der Waals surface area contributed by atoms with Gasteiger partial charge in [-0.25, -0.2) is 0 Å². The first kappa shape index (κ1) is 15.6. The summed E-state index contributed by atoms with van der Waals surface area (Å²) in [4.78, 5) is 19.4. The number of hydrogen-bond donors (Lipinski definition) is 1. The average molecular weight is 331 g/mol. The van der Waals surface area contributed by atoms with Gasteiger partial charge in [0, 0.05) is 36.4 Å². The maximum absolute atomic E-state index is 12.7. The summed E-state index contributed by atoms with van der Waals surface area (Å²) in [6.45, 7) is 3.78. The lowest BCUT2D eigenvalue weighted by Gasteiger charge is -2.27. The largest absolute Gasteiger partial charge is 0.366 e. The standard InChI is InChI=1S/C21H21N3O/c1-15(24-13-11-16-6-2-5-9-20(16)24)14-23-21(25)18-10-12-22-19-8-4-3-7-17(18)19/h2-10,12,15H,11,13-14H2,1H3,(H,23,25). The number of carbonyl (C=O) groups excluding carboxylic acids is 1. The Morgan fingerprint density at radius 1 is 1.16 bits per heavy atom. The molecular formula is C21H21N3O. The SMILES string of the molecule is CC(CNC(=O)c1ccnc2ccccc12)N1CCc2ccccc21. The fraction of sp³-hybridized carbons (Fsp3) is 0.238. The van der Waals surface area contributed by atoms with Crippen molar-refractivity contribution in [2.24, 2.45) is 0 Å². The molecule has 4 nitrogen and oxygen atoms in total. The van der Waals surface area contributed by atoms with Crippen LogP contribution in [0.3, 0.4) is 0 Å². The molecule has 1 amide bonds. The average Bonchev–Trinajstić information content (AvgIpc) is 3.09. The van der Waals surface area contributed by atoms with Crippen LogP contribution in [-0.2, 0) is 6.42 Å². The van der Waals surface area contributed by atoms with Crippen molar-refractivity contribution in [2.75, 3.05) is 18.0 Å². The second-order valence-electron chi connectivity index (χ2n) is 6.51. The molecule has 1 aromatic heterocycles. The van der Waals surface area contributed by atoms with Crippen molar-refractivity contribution in [2.45, 2.75) is 19.4 Å². The van der Waals surface area contributed by atoms with Gasteiger partial charge in [-0.1, -0.05) is 36.4 Å². The van der Waals surface area contributed by atoms with Gasteiger partial charge in [-0.3, -0.25) is 9.78 Å². The Balaban J connectivity index is 1.47. The van der Waals surface area contributed by atoms with Crippen LogP contribution in [0.1, 0.15) is 22.8 Å². The van der Waals surface area contributed by atoms with Gasteiger partial charge in [0.2, 0.25) is 0 Å². The number of para-hydroxylation sites is 2. The Morgan fingerprint density at radius 3 is 2.88 bits per heavy atom. The van der Waals surface area contributed by atoms with Crippen molar-refractivity contribution < 1.29 is 4.79 Å². The van der Waals surface area contributed by atoms with Gasteiger partial charge < -0.3 is 10.2 Å². The predicted molar refractivity (Wildman–Crippen MR) is 101 cm³/mol. The molecule has 1 N–H and O–H groups in total. The number of fused-ring (bicyclic) bond motifs is 2. The Labute approximate surface area is 147 Å². The minimum absolute atomic E-state index is 0.0436. The number of nitrogens with zero attached hydrogens (tertiary/aromatic N) is 2. The Kier molecular flexibility index (Phi) is 4.10. The van der Waals surface area contributed by atoms with E-state index in [9.17, 15) is 4.79 Å². The molecule has 3 aromatic rings. The number of rotatable bonds is 4. The first-order valence-corrected chi connectivity index (χ1v) is 8.70. The van der Waals surface area contributed by atoms with Crippen LogP contribution in [0, 0.1) is 0 Å². The Morgan fingerprint density at radius 2 is 1.96 bits per heavy atom. The summed E-state index contributed by atoms with van der Waals surface area (Å²) in [6, 6.07) is 18.3. The highest BCUT2D eigenvalue weighted by Gasteiger charge is 2.23. The van der Waals surface area contributed by atoms with Gasteiger partial charge in [0.05, 0.1) is 11.1 Å².